The summed E-state index contributed by atoms with van der Waals surface area (Å²) >= 11 is 0. The summed E-state index contributed by atoms with van der Waals surface area (Å²) in [6.45, 7) is 12.9. The highest BCUT2D eigenvalue weighted by Crippen LogP contribution is 2.26. The highest BCUT2D eigenvalue weighted by atomic mass is 16.6. The van der Waals surface area contributed by atoms with Crippen LogP contribution in [0, 0.1) is 0 Å². The number of alkyl carbamates (subject to hydrolysis) is 1. The van der Waals surface area contributed by atoms with Gasteiger partial charge in [0.2, 0.25) is 0 Å². The third kappa shape index (κ3) is 8.80. The lowest BCUT2D eigenvalue weighted by Crippen LogP contribution is -2.36. The molecule has 0 aliphatic rings. The zero-order valence-corrected chi connectivity index (χ0v) is 19.4. The van der Waals surface area contributed by atoms with Crippen LogP contribution in [-0.4, -0.2) is 36.4 Å². The number of carbonyl (C=O) groups excluding carboxylic acids is 2. The SMILES string of the molecule is CC(C)(C)OC(=O)NCCNCc1ccc(-c2ccccc2C(=O)OC(C)(C)C)cc1. The molecule has 6 nitrogen and oxygen atoms in total. The van der Waals surface area contributed by atoms with E-state index in [0.717, 1.165) is 16.7 Å². The van der Waals surface area contributed by atoms with Crippen molar-refractivity contribution < 1.29 is 19.1 Å². The molecule has 0 unspecified atom stereocenters. The number of hydrogen-bond acceptors (Lipinski definition) is 5. The van der Waals surface area contributed by atoms with Crippen LogP contribution in [-0.2, 0) is 16.0 Å². The molecular formula is C25H34N2O4. The molecule has 31 heavy (non-hydrogen) atoms. The molecule has 168 valence electrons. The average molecular weight is 427 g/mol. The number of amides is 1. The quantitative estimate of drug-likeness (QED) is 0.485. The van der Waals surface area contributed by atoms with Crippen molar-refractivity contribution in [3.05, 3.63) is 59.7 Å². The standard InChI is InChI=1S/C25H34N2O4/c1-24(2,3)30-22(28)21-10-8-7-9-20(21)19-13-11-18(12-14-19)17-26-15-16-27-23(29)31-25(4,5)6/h7-14,26H,15-17H2,1-6H3,(H,27,29). The Balaban J connectivity index is 1.90. The van der Waals surface area contributed by atoms with Gasteiger partial charge in [-0.1, -0.05) is 42.5 Å². The zero-order valence-electron chi connectivity index (χ0n) is 19.4. The first-order valence-corrected chi connectivity index (χ1v) is 10.5. The van der Waals surface area contributed by atoms with Crippen molar-refractivity contribution >= 4 is 12.1 Å². The maximum Gasteiger partial charge on any atom is 0.407 e. The summed E-state index contributed by atoms with van der Waals surface area (Å²) in [5.74, 6) is -0.327. The predicted molar refractivity (Wildman–Crippen MR) is 123 cm³/mol. The monoisotopic (exact) mass is 426 g/mol. The van der Waals surface area contributed by atoms with Crippen molar-refractivity contribution in [2.45, 2.75) is 59.3 Å². The summed E-state index contributed by atoms with van der Waals surface area (Å²) in [5, 5.41) is 6.01. The minimum absolute atomic E-state index is 0.327. The molecule has 0 fully saturated rings. The Morgan fingerprint density at radius 3 is 2.03 bits per heavy atom. The first-order chi connectivity index (χ1) is 14.4. The molecule has 0 bridgehead atoms. The van der Waals surface area contributed by atoms with Crippen LogP contribution in [0.4, 0.5) is 4.79 Å². The van der Waals surface area contributed by atoms with E-state index in [0.29, 0.717) is 25.2 Å². The predicted octanol–water partition coefficient (Wildman–Crippen LogP) is 4.92. The minimum atomic E-state index is -0.544. The van der Waals surface area contributed by atoms with E-state index in [9.17, 15) is 9.59 Å². The fourth-order valence-electron chi connectivity index (χ4n) is 2.85. The molecule has 0 aliphatic carbocycles. The molecule has 0 saturated heterocycles. The fourth-order valence-corrected chi connectivity index (χ4v) is 2.85. The van der Waals surface area contributed by atoms with Crippen LogP contribution in [0.5, 0.6) is 0 Å². The van der Waals surface area contributed by atoms with Crippen LogP contribution >= 0.6 is 0 Å². The Hall–Kier alpha value is -2.86. The Kier molecular flexibility index (Phi) is 8.22. The molecule has 0 saturated carbocycles. The average Bonchev–Trinajstić information content (AvgIpc) is 2.65. The van der Waals surface area contributed by atoms with E-state index in [1.807, 2.05) is 84.0 Å². The van der Waals surface area contributed by atoms with E-state index in [4.69, 9.17) is 9.47 Å². The summed E-state index contributed by atoms with van der Waals surface area (Å²) in [6.07, 6.45) is -0.415. The molecular weight excluding hydrogens is 392 g/mol. The molecule has 2 rings (SSSR count). The van der Waals surface area contributed by atoms with E-state index >= 15 is 0 Å². The van der Waals surface area contributed by atoms with Gasteiger partial charge in [0.1, 0.15) is 11.2 Å². The summed E-state index contributed by atoms with van der Waals surface area (Å²) in [7, 11) is 0. The topological polar surface area (TPSA) is 76.7 Å². The molecule has 2 aromatic rings. The Morgan fingerprint density at radius 2 is 1.42 bits per heavy atom. The van der Waals surface area contributed by atoms with Crippen LogP contribution in [0.25, 0.3) is 11.1 Å². The molecule has 0 radical (unpaired) electrons. The molecule has 0 aliphatic heterocycles. The fraction of sp³-hybridized carbons (Fsp3) is 0.440. The number of hydrogen-bond donors (Lipinski definition) is 2. The molecule has 0 atom stereocenters. The first kappa shape index (κ1) is 24.4. The lowest BCUT2D eigenvalue weighted by Gasteiger charge is -2.20. The van der Waals surface area contributed by atoms with Crippen LogP contribution in [0.2, 0.25) is 0 Å². The second kappa shape index (κ2) is 10.4. The Bertz CT molecular complexity index is 878. The van der Waals surface area contributed by atoms with Gasteiger partial charge in [-0.05, 0) is 64.3 Å². The van der Waals surface area contributed by atoms with Gasteiger partial charge in [0.05, 0.1) is 5.56 Å². The highest BCUT2D eigenvalue weighted by molar-refractivity contribution is 5.97. The van der Waals surface area contributed by atoms with Crippen LogP contribution in [0.1, 0.15) is 57.5 Å². The number of ether oxygens (including phenoxy) is 2. The van der Waals surface area contributed by atoms with E-state index in [1.54, 1.807) is 6.07 Å². The summed E-state index contributed by atoms with van der Waals surface area (Å²) in [5.41, 5.74) is 2.42. The summed E-state index contributed by atoms with van der Waals surface area (Å²) in [6, 6.07) is 15.5. The van der Waals surface area contributed by atoms with E-state index < -0.39 is 17.3 Å². The van der Waals surface area contributed by atoms with Gasteiger partial charge in [-0.25, -0.2) is 9.59 Å². The van der Waals surface area contributed by atoms with Gasteiger partial charge in [0.15, 0.2) is 0 Å². The van der Waals surface area contributed by atoms with E-state index in [2.05, 4.69) is 10.6 Å². The second-order valence-corrected chi connectivity index (χ2v) is 9.35. The van der Waals surface area contributed by atoms with Gasteiger partial charge in [0, 0.05) is 19.6 Å². The largest absolute Gasteiger partial charge is 0.456 e. The summed E-state index contributed by atoms with van der Waals surface area (Å²) < 4.78 is 10.7. The molecule has 0 aromatic heterocycles. The second-order valence-electron chi connectivity index (χ2n) is 9.35. The zero-order chi connectivity index (χ0) is 23.1. The normalized spacial score (nSPS) is 11.7. The van der Waals surface area contributed by atoms with Gasteiger partial charge in [0.25, 0.3) is 0 Å². The van der Waals surface area contributed by atoms with Gasteiger partial charge in [-0.2, -0.15) is 0 Å². The molecule has 6 heteroatoms. The highest BCUT2D eigenvalue weighted by Gasteiger charge is 2.20. The lowest BCUT2D eigenvalue weighted by atomic mass is 9.98. The Morgan fingerprint density at radius 1 is 0.806 bits per heavy atom. The Labute approximate surface area is 185 Å². The minimum Gasteiger partial charge on any atom is -0.456 e. The maximum atomic E-state index is 12.6. The van der Waals surface area contributed by atoms with Gasteiger partial charge in [-0.15, -0.1) is 0 Å². The summed E-state index contributed by atoms with van der Waals surface area (Å²) in [4.78, 5) is 24.2. The third-order valence-corrected chi connectivity index (χ3v) is 4.11. The molecule has 0 heterocycles. The van der Waals surface area contributed by atoms with E-state index in [-0.39, 0.29) is 5.97 Å². The number of carbonyl (C=O) groups is 2. The van der Waals surface area contributed by atoms with Crippen LogP contribution in [0.15, 0.2) is 48.5 Å². The van der Waals surface area contributed by atoms with Gasteiger partial charge >= 0.3 is 12.1 Å². The lowest BCUT2D eigenvalue weighted by molar-refractivity contribution is 0.00701. The van der Waals surface area contributed by atoms with Crippen molar-refractivity contribution in [2.75, 3.05) is 13.1 Å². The van der Waals surface area contributed by atoms with Crippen molar-refractivity contribution in [3.63, 3.8) is 0 Å². The van der Waals surface area contributed by atoms with Crippen molar-refractivity contribution in [2.24, 2.45) is 0 Å². The van der Waals surface area contributed by atoms with Gasteiger partial charge < -0.3 is 20.1 Å². The third-order valence-electron chi connectivity index (χ3n) is 4.11. The van der Waals surface area contributed by atoms with Gasteiger partial charge in [-0.3, -0.25) is 0 Å². The maximum absolute atomic E-state index is 12.6. The smallest absolute Gasteiger partial charge is 0.407 e. The number of benzene rings is 2. The number of esters is 1. The molecule has 1 amide bonds. The molecule has 2 aromatic carbocycles. The number of rotatable bonds is 7. The number of nitrogens with one attached hydrogen (secondary N) is 2. The van der Waals surface area contributed by atoms with Crippen LogP contribution < -0.4 is 10.6 Å². The van der Waals surface area contributed by atoms with Crippen LogP contribution in [0.3, 0.4) is 0 Å². The van der Waals surface area contributed by atoms with Crippen molar-refractivity contribution in [1.82, 2.24) is 10.6 Å². The van der Waals surface area contributed by atoms with E-state index in [1.165, 1.54) is 0 Å². The molecule has 0 spiro atoms. The van der Waals surface area contributed by atoms with Crippen molar-refractivity contribution in [1.29, 1.82) is 0 Å². The molecule has 2 N–H and O–H groups in total. The van der Waals surface area contributed by atoms with Crippen molar-refractivity contribution in [3.8, 4) is 11.1 Å². The first-order valence-electron chi connectivity index (χ1n) is 10.5.